The fourth-order valence-electron chi connectivity index (χ4n) is 6.89. The summed E-state index contributed by atoms with van der Waals surface area (Å²) in [5.41, 5.74) is 14.4. The van der Waals surface area contributed by atoms with E-state index in [1.165, 1.54) is 6.33 Å². The Balaban J connectivity index is 1.41. The molecule has 0 spiro atoms. The Labute approximate surface area is 244 Å². The lowest BCUT2D eigenvalue weighted by Crippen LogP contribution is -2.49. The molecule has 2 aliphatic carbocycles. The van der Waals surface area contributed by atoms with Crippen molar-refractivity contribution in [1.29, 1.82) is 0 Å². The second kappa shape index (κ2) is 10.6. The first-order valence-corrected chi connectivity index (χ1v) is 14.7. The van der Waals surface area contributed by atoms with Crippen LogP contribution < -0.4 is 11.5 Å². The van der Waals surface area contributed by atoms with Gasteiger partial charge in [0.1, 0.15) is 29.7 Å². The summed E-state index contributed by atoms with van der Waals surface area (Å²) in [4.78, 5) is 39.4. The fraction of sp³-hybridized carbons (Fsp3) is 0.469. The van der Waals surface area contributed by atoms with Crippen molar-refractivity contribution in [2.24, 2.45) is 23.2 Å². The van der Waals surface area contributed by atoms with Crippen molar-refractivity contribution in [3.63, 3.8) is 0 Å². The SMILES string of the molecule is CC(C)C(=O)O[C@H]1[C@H](n2ccc3c(N)ncnc32)[C@H]2CC[C@@]2(CCc2ccc3nc(N)ccc3c2)[C@H]1OC(=O)C(C)C. The van der Waals surface area contributed by atoms with Gasteiger partial charge in [0.2, 0.25) is 0 Å². The molecule has 4 N–H and O–H groups in total. The van der Waals surface area contributed by atoms with Gasteiger partial charge in [-0.15, -0.1) is 0 Å². The van der Waals surface area contributed by atoms with Crippen LogP contribution in [0.3, 0.4) is 0 Å². The number of benzene rings is 1. The molecule has 0 aliphatic heterocycles. The molecule has 1 aromatic carbocycles. The largest absolute Gasteiger partial charge is 0.458 e. The molecule has 3 aromatic heterocycles. The first kappa shape index (κ1) is 27.9. The lowest BCUT2D eigenvalue weighted by Gasteiger charge is -2.49. The van der Waals surface area contributed by atoms with Crippen LogP contribution in [-0.2, 0) is 25.5 Å². The number of nitrogens with zero attached hydrogens (tertiary/aromatic N) is 4. The van der Waals surface area contributed by atoms with Crippen LogP contribution in [0.4, 0.5) is 11.6 Å². The molecule has 10 nitrogen and oxygen atoms in total. The molecular formula is C32H38N6O4. The Morgan fingerprint density at radius 1 is 1.02 bits per heavy atom. The van der Waals surface area contributed by atoms with E-state index in [0.29, 0.717) is 17.3 Å². The second-order valence-electron chi connectivity index (χ2n) is 12.4. The van der Waals surface area contributed by atoms with E-state index in [9.17, 15) is 9.59 Å². The van der Waals surface area contributed by atoms with Gasteiger partial charge in [0.05, 0.1) is 28.8 Å². The molecule has 3 heterocycles. The smallest absolute Gasteiger partial charge is 0.308 e. The normalized spacial score (nSPS) is 25.1. The zero-order valence-corrected chi connectivity index (χ0v) is 24.5. The van der Waals surface area contributed by atoms with Crippen LogP contribution in [0.15, 0.2) is 48.9 Å². The van der Waals surface area contributed by atoms with Crippen molar-refractivity contribution in [3.05, 3.63) is 54.5 Å². The number of nitrogen functional groups attached to an aromatic ring is 2. The highest BCUT2D eigenvalue weighted by Gasteiger charge is 2.68. The first-order chi connectivity index (χ1) is 20.1. The highest BCUT2D eigenvalue weighted by molar-refractivity contribution is 5.86. The van der Waals surface area contributed by atoms with Crippen LogP contribution in [0, 0.1) is 23.2 Å². The molecule has 10 heteroatoms. The third-order valence-corrected chi connectivity index (χ3v) is 9.23. The number of aromatic nitrogens is 4. The number of carbonyl (C=O) groups excluding carboxylic acids is 2. The Bertz CT molecular complexity index is 1670. The Morgan fingerprint density at radius 2 is 1.79 bits per heavy atom. The minimum atomic E-state index is -0.675. The highest BCUT2D eigenvalue weighted by Crippen LogP contribution is 2.66. The van der Waals surface area contributed by atoms with Gasteiger partial charge in [-0.05, 0) is 67.5 Å². The van der Waals surface area contributed by atoms with E-state index in [2.05, 4.69) is 31.7 Å². The summed E-state index contributed by atoms with van der Waals surface area (Å²) in [6, 6.07) is 11.6. The van der Waals surface area contributed by atoms with E-state index in [4.69, 9.17) is 20.9 Å². The van der Waals surface area contributed by atoms with Gasteiger partial charge in [0, 0.05) is 17.0 Å². The number of aryl methyl sites for hydroxylation is 1. The van der Waals surface area contributed by atoms with Crippen LogP contribution in [0.1, 0.15) is 58.6 Å². The molecule has 0 saturated heterocycles. The predicted octanol–water partition coefficient (Wildman–Crippen LogP) is 4.86. The van der Waals surface area contributed by atoms with Crippen LogP contribution in [0.2, 0.25) is 0 Å². The third-order valence-electron chi connectivity index (χ3n) is 9.23. The Kier molecular flexibility index (Phi) is 7.03. The lowest BCUT2D eigenvalue weighted by atomic mass is 9.58. The van der Waals surface area contributed by atoms with Crippen molar-refractivity contribution >= 4 is 45.5 Å². The standard InChI is InChI=1S/C32H38N6O4/c1-17(2)30(39)41-26-25(38-14-11-21-28(34)35-16-36-29(21)38)22-10-13-32(22,27(26)42-31(40)18(3)4)12-9-19-5-7-23-20(15-19)6-8-24(33)37-23/h5-8,11,14-18,22,25-27H,9-10,12-13H2,1-4H3,(H2,33,37)(H2,34,35,36)/t22-,25-,26+,27+,32-/m1/s1. The maximum Gasteiger partial charge on any atom is 0.308 e. The summed E-state index contributed by atoms with van der Waals surface area (Å²) in [6.07, 6.45) is 5.43. The van der Waals surface area contributed by atoms with E-state index in [1.54, 1.807) is 6.07 Å². The molecule has 0 unspecified atom stereocenters. The van der Waals surface area contributed by atoms with Crippen LogP contribution in [0.25, 0.3) is 21.9 Å². The fourth-order valence-corrected chi connectivity index (χ4v) is 6.89. The number of esters is 2. The van der Waals surface area contributed by atoms with Crippen molar-refractivity contribution in [2.75, 3.05) is 11.5 Å². The summed E-state index contributed by atoms with van der Waals surface area (Å²) < 4.78 is 14.7. The quantitative estimate of drug-likeness (QED) is 0.283. The number of hydrogen-bond acceptors (Lipinski definition) is 9. The Hall–Kier alpha value is -4.21. The molecule has 2 saturated carbocycles. The number of pyridine rings is 1. The van der Waals surface area contributed by atoms with Gasteiger partial charge >= 0.3 is 11.9 Å². The topological polar surface area (TPSA) is 148 Å². The molecule has 42 heavy (non-hydrogen) atoms. The van der Waals surface area contributed by atoms with Gasteiger partial charge in [0.25, 0.3) is 0 Å². The minimum absolute atomic E-state index is 0.0983. The summed E-state index contributed by atoms with van der Waals surface area (Å²) in [7, 11) is 0. The maximum absolute atomic E-state index is 13.2. The zero-order chi connectivity index (χ0) is 29.8. The van der Waals surface area contributed by atoms with Gasteiger partial charge < -0.3 is 25.5 Å². The number of rotatable bonds is 8. The molecular weight excluding hydrogens is 532 g/mol. The monoisotopic (exact) mass is 570 g/mol. The van der Waals surface area contributed by atoms with E-state index in [0.717, 1.165) is 47.5 Å². The Morgan fingerprint density at radius 3 is 2.50 bits per heavy atom. The molecule has 0 radical (unpaired) electrons. The summed E-state index contributed by atoms with van der Waals surface area (Å²) >= 11 is 0. The minimum Gasteiger partial charge on any atom is -0.458 e. The highest BCUT2D eigenvalue weighted by atomic mass is 16.6. The van der Waals surface area contributed by atoms with Crippen molar-refractivity contribution < 1.29 is 19.1 Å². The van der Waals surface area contributed by atoms with Crippen molar-refractivity contribution in [1.82, 2.24) is 19.5 Å². The van der Waals surface area contributed by atoms with Gasteiger partial charge in [-0.2, -0.15) is 0 Å². The van der Waals surface area contributed by atoms with E-state index >= 15 is 0 Å². The molecule has 0 amide bonds. The van der Waals surface area contributed by atoms with Gasteiger partial charge in [-0.1, -0.05) is 33.8 Å². The number of nitrogens with two attached hydrogens (primary N) is 2. The van der Waals surface area contributed by atoms with Crippen LogP contribution >= 0.6 is 0 Å². The third kappa shape index (κ3) is 4.62. The number of anilines is 2. The number of fused-ring (bicyclic) bond motifs is 3. The zero-order valence-electron chi connectivity index (χ0n) is 24.5. The summed E-state index contributed by atoms with van der Waals surface area (Å²) in [5, 5.41) is 1.76. The first-order valence-electron chi connectivity index (χ1n) is 14.7. The van der Waals surface area contributed by atoms with E-state index in [1.807, 2.05) is 52.1 Å². The van der Waals surface area contributed by atoms with Gasteiger partial charge in [0.15, 0.2) is 6.10 Å². The average molecular weight is 571 g/mol. The second-order valence-corrected chi connectivity index (χ2v) is 12.4. The number of ether oxygens (including phenoxy) is 2. The molecule has 6 rings (SSSR count). The maximum atomic E-state index is 13.2. The van der Waals surface area contributed by atoms with Crippen LogP contribution in [0.5, 0.6) is 0 Å². The summed E-state index contributed by atoms with van der Waals surface area (Å²) in [5.74, 6) is -0.287. The van der Waals surface area contributed by atoms with Crippen molar-refractivity contribution in [2.45, 2.75) is 71.6 Å². The summed E-state index contributed by atoms with van der Waals surface area (Å²) in [6.45, 7) is 7.27. The molecule has 220 valence electrons. The van der Waals surface area contributed by atoms with E-state index < -0.39 is 12.2 Å². The van der Waals surface area contributed by atoms with Gasteiger partial charge in [-0.3, -0.25) is 9.59 Å². The molecule has 0 bridgehead atoms. The molecule has 4 aromatic rings. The lowest BCUT2D eigenvalue weighted by molar-refractivity contribution is -0.181. The average Bonchev–Trinajstić information content (AvgIpc) is 3.44. The number of hydrogen-bond donors (Lipinski definition) is 2. The molecule has 2 fully saturated rings. The van der Waals surface area contributed by atoms with Crippen LogP contribution in [-0.4, -0.2) is 43.7 Å². The van der Waals surface area contributed by atoms with Gasteiger partial charge in [-0.25, -0.2) is 15.0 Å². The molecule has 5 atom stereocenters. The predicted molar refractivity (Wildman–Crippen MR) is 160 cm³/mol. The van der Waals surface area contributed by atoms with E-state index in [-0.39, 0.29) is 41.1 Å². The molecule has 2 aliphatic rings. The number of carbonyl (C=O) groups is 2. The van der Waals surface area contributed by atoms with Crippen molar-refractivity contribution in [3.8, 4) is 0 Å².